The molecule has 0 radical (unpaired) electrons. The molecule has 0 bridgehead atoms. The van der Waals surface area contributed by atoms with Crippen molar-refractivity contribution < 1.29 is 9.53 Å². The number of nitrogens with zero attached hydrogens (tertiary/aromatic N) is 2. The Morgan fingerprint density at radius 3 is 2.67 bits per heavy atom. The van der Waals surface area contributed by atoms with Gasteiger partial charge in [-0.1, -0.05) is 17.7 Å². The van der Waals surface area contributed by atoms with E-state index >= 15 is 0 Å². The molecule has 1 aromatic rings. The fourth-order valence-electron chi connectivity index (χ4n) is 3.40. The predicted molar refractivity (Wildman–Crippen MR) is 96.8 cm³/mol. The SMILES string of the molecule is Cc1c(Cl)cccc1NC(=O)N1CCC(CN2CCOCC2)CC1. The normalized spacial score (nSPS) is 20.2. The molecule has 0 saturated carbocycles. The van der Waals surface area contributed by atoms with Crippen molar-refractivity contribution in [3.05, 3.63) is 28.8 Å². The fourth-order valence-corrected chi connectivity index (χ4v) is 3.58. The van der Waals surface area contributed by atoms with Crippen LogP contribution in [0.1, 0.15) is 18.4 Å². The number of carbonyl (C=O) groups excluding carboxylic acids is 1. The van der Waals surface area contributed by atoms with Crippen LogP contribution in [-0.4, -0.2) is 61.8 Å². The van der Waals surface area contributed by atoms with Crippen LogP contribution < -0.4 is 5.32 Å². The molecule has 0 aromatic heterocycles. The van der Waals surface area contributed by atoms with Crippen LogP contribution in [0.3, 0.4) is 0 Å². The Labute approximate surface area is 148 Å². The van der Waals surface area contributed by atoms with Crippen LogP contribution in [0.15, 0.2) is 18.2 Å². The molecule has 2 aliphatic heterocycles. The van der Waals surface area contributed by atoms with E-state index in [1.165, 1.54) is 0 Å². The van der Waals surface area contributed by atoms with E-state index in [0.717, 1.165) is 70.0 Å². The first-order valence-electron chi connectivity index (χ1n) is 8.74. The third-order valence-corrected chi connectivity index (χ3v) is 5.44. The molecule has 132 valence electrons. The van der Waals surface area contributed by atoms with Gasteiger partial charge < -0.3 is 15.0 Å². The number of likely N-dealkylation sites (tertiary alicyclic amines) is 1. The summed E-state index contributed by atoms with van der Waals surface area (Å²) in [6.07, 6.45) is 2.14. The Kier molecular flexibility index (Phi) is 5.98. The van der Waals surface area contributed by atoms with Crippen molar-refractivity contribution in [2.24, 2.45) is 5.92 Å². The number of benzene rings is 1. The molecular weight excluding hydrogens is 326 g/mol. The summed E-state index contributed by atoms with van der Waals surface area (Å²) in [6, 6.07) is 5.57. The number of ether oxygens (including phenoxy) is 1. The second-order valence-corrected chi connectivity index (χ2v) is 7.09. The number of halogens is 1. The lowest BCUT2D eigenvalue weighted by Gasteiger charge is -2.36. The average molecular weight is 352 g/mol. The molecule has 2 aliphatic rings. The van der Waals surface area contributed by atoms with E-state index in [0.29, 0.717) is 10.9 Å². The van der Waals surface area contributed by atoms with Gasteiger partial charge in [0.25, 0.3) is 0 Å². The van der Waals surface area contributed by atoms with Crippen LogP contribution in [0.2, 0.25) is 5.02 Å². The van der Waals surface area contributed by atoms with Crippen molar-refractivity contribution in [2.45, 2.75) is 19.8 Å². The van der Waals surface area contributed by atoms with E-state index < -0.39 is 0 Å². The number of urea groups is 1. The summed E-state index contributed by atoms with van der Waals surface area (Å²) in [6.45, 7) is 8.46. The van der Waals surface area contributed by atoms with Crippen molar-refractivity contribution in [1.82, 2.24) is 9.80 Å². The zero-order valence-electron chi connectivity index (χ0n) is 14.3. The Balaban J connectivity index is 1.47. The van der Waals surface area contributed by atoms with Gasteiger partial charge in [0, 0.05) is 43.4 Å². The third-order valence-electron chi connectivity index (χ3n) is 5.03. The third kappa shape index (κ3) is 4.41. The topological polar surface area (TPSA) is 44.8 Å². The average Bonchev–Trinajstić information content (AvgIpc) is 2.60. The van der Waals surface area contributed by atoms with E-state index in [2.05, 4.69) is 10.2 Å². The standard InChI is InChI=1S/C18H26ClN3O2/c1-14-16(19)3-2-4-17(14)20-18(23)22-7-5-15(6-8-22)13-21-9-11-24-12-10-21/h2-4,15H,5-13H2,1H3,(H,20,23). The summed E-state index contributed by atoms with van der Waals surface area (Å²) in [4.78, 5) is 16.9. The Morgan fingerprint density at radius 2 is 1.96 bits per heavy atom. The minimum absolute atomic E-state index is 0.0230. The van der Waals surface area contributed by atoms with Crippen LogP contribution >= 0.6 is 11.6 Å². The lowest BCUT2D eigenvalue weighted by molar-refractivity contribution is 0.0260. The Hall–Kier alpha value is -1.30. The summed E-state index contributed by atoms with van der Waals surface area (Å²) in [5, 5.41) is 3.67. The lowest BCUT2D eigenvalue weighted by atomic mass is 9.96. The minimum atomic E-state index is -0.0230. The fraction of sp³-hybridized carbons (Fsp3) is 0.611. The van der Waals surface area contributed by atoms with E-state index in [9.17, 15) is 4.79 Å². The van der Waals surface area contributed by atoms with Gasteiger partial charge in [-0.25, -0.2) is 4.79 Å². The molecule has 0 aliphatic carbocycles. The maximum atomic E-state index is 12.5. The number of nitrogens with one attached hydrogen (secondary N) is 1. The highest BCUT2D eigenvalue weighted by molar-refractivity contribution is 6.31. The maximum absolute atomic E-state index is 12.5. The first-order valence-corrected chi connectivity index (χ1v) is 9.12. The van der Waals surface area contributed by atoms with Crippen LogP contribution in [-0.2, 0) is 4.74 Å². The van der Waals surface area contributed by atoms with Crippen molar-refractivity contribution in [1.29, 1.82) is 0 Å². The molecular formula is C18H26ClN3O2. The number of piperidine rings is 1. The van der Waals surface area contributed by atoms with Crippen molar-refractivity contribution >= 4 is 23.3 Å². The summed E-state index contributed by atoms with van der Waals surface area (Å²) >= 11 is 6.12. The first-order chi connectivity index (χ1) is 11.6. The largest absolute Gasteiger partial charge is 0.379 e. The summed E-state index contributed by atoms with van der Waals surface area (Å²) < 4.78 is 5.40. The van der Waals surface area contributed by atoms with Gasteiger partial charge in [-0.2, -0.15) is 0 Å². The summed E-state index contributed by atoms with van der Waals surface area (Å²) in [5.74, 6) is 0.681. The van der Waals surface area contributed by atoms with E-state index in [-0.39, 0.29) is 6.03 Å². The maximum Gasteiger partial charge on any atom is 0.321 e. The molecule has 0 unspecified atom stereocenters. The molecule has 0 spiro atoms. The quantitative estimate of drug-likeness (QED) is 0.909. The van der Waals surface area contributed by atoms with E-state index in [1.807, 2.05) is 30.0 Å². The van der Waals surface area contributed by atoms with Gasteiger partial charge in [-0.05, 0) is 43.4 Å². The number of hydrogen-bond donors (Lipinski definition) is 1. The van der Waals surface area contributed by atoms with Crippen LogP contribution in [0.5, 0.6) is 0 Å². The van der Waals surface area contributed by atoms with Gasteiger partial charge in [0.2, 0.25) is 0 Å². The van der Waals surface area contributed by atoms with Gasteiger partial charge in [-0.3, -0.25) is 4.90 Å². The molecule has 0 atom stereocenters. The molecule has 1 aromatic carbocycles. The molecule has 1 N–H and O–H groups in total. The van der Waals surface area contributed by atoms with Crippen LogP contribution in [0, 0.1) is 12.8 Å². The van der Waals surface area contributed by atoms with Gasteiger partial charge in [0.05, 0.1) is 13.2 Å². The molecule has 2 saturated heterocycles. The lowest BCUT2D eigenvalue weighted by Crippen LogP contribution is -2.45. The van der Waals surface area contributed by atoms with Crippen molar-refractivity contribution in [3.63, 3.8) is 0 Å². The van der Waals surface area contributed by atoms with Crippen LogP contribution in [0.4, 0.5) is 10.5 Å². The number of rotatable bonds is 3. The van der Waals surface area contributed by atoms with Gasteiger partial charge in [0.15, 0.2) is 0 Å². The molecule has 5 nitrogen and oxygen atoms in total. The number of morpholine rings is 1. The van der Waals surface area contributed by atoms with E-state index in [4.69, 9.17) is 16.3 Å². The highest BCUT2D eigenvalue weighted by Crippen LogP contribution is 2.24. The second kappa shape index (κ2) is 8.19. The summed E-state index contributed by atoms with van der Waals surface area (Å²) in [5.41, 5.74) is 1.71. The zero-order valence-corrected chi connectivity index (χ0v) is 15.0. The second-order valence-electron chi connectivity index (χ2n) is 6.69. The number of amides is 2. The van der Waals surface area contributed by atoms with Crippen LogP contribution in [0.25, 0.3) is 0 Å². The molecule has 24 heavy (non-hydrogen) atoms. The van der Waals surface area contributed by atoms with Gasteiger partial charge >= 0.3 is 6.03 Å². The highest BCUT2D eigenvalue weighted by Gasteiger charge is 2.25. The Bertz CT molecular complexity index is 567. The predicted octanol–water partition coefficient (Wildman–Crippen LogP) is 3.22. The number of hydrogen-bond acceptors (Lipinski definition) is 3. The molecule has 2 amide bonds. The molecule has 2 heterocycles. The molecule has 6 heteroatoms. The highest BCUT2D eigenvalue weighted by atomic mass is 35.5. The van der Waals surface area contributed by atoms with E-state index in [1.54, 1.807) is 0 Å². The summed E-state index contributed by atoms with van der Waals surface area (Å²) in [7, 11) is 0. The number of carbonyl (C=O) groups is 1. The van der Waals surface area contributed by atoms with Crippen molar-refractivity contribution in [2.75, 3.05) is 51.3 Å². The Morgan fingerprint density at radius 1 is 1.25 bits per heavy atom. The first kappa shape index (κ1) is 17.5. The number of anilines is 1. The van der Waals surface area contributed by atoms with Crippen molar-refractivity contribution in [3.8, 4) is 0 Å². The monoisotopic (exact) mass is 351 g/mol. The minimum Gasteiger partial charge on any atom is -0.379 e. The molecule has 3 rings (SSSR count). The zero-order chi connectivity index (χ0) is 16.9. The van der Waals surface area contributed by atoms with Gasteiger partial charge in [0.1, 0.15) is 0 Å². The smallest absolute Gasteiger partial charge is 0.321 e. The molecule has 2 fully saturated rings. The van der Waals surface area contributed by atoms with Gasteiger partial charge in [-0.15, -0.1) is 0 Å².